The lowest BCUT2D eigenvalue weighted by Crippen LogP contribution is -2.50. The fraction of sp³-hybridized carbons (Fsp3) is 0.385. The minimum Gasteiger partial charge on any atom is -0.476 e. The quantitative estimate of drug-likeness (QED) is 0.610. The highest BCUT2D eigenvalue weighted by Crippen LogP contribution is 2.37. The number of carbonyl (C=O) groups excluding carboxylic acids is 2. The summed E-state index contributed by atoms with van der Waals surface area (Å²) in [6.45, 7) is 3.43. The predicted molar refractivity (Wildman–Crippen MR) is 69.6 cm³/mol. The molecule has 0 unspecified atom stereocenters. The first-order valence-corrected chi connectivity index (χ1v) is 6.10. The summed E-state index contributed by atoms with van der Waals surface area (Å²) in [6.07, 6.45) is 0. The SMILES string of the molecule is CN1C(=O)C(C)(C)Oc2ccc(C(=O)CCl)cc21. The van der Waals surface area contributed by atoms with Crippen molar-refractivity contribution >= 4 is 29.0 Å². The molecule has 1 aliphatic rings. The number of anilines is 1. The number of benzene rings is 1. The number of carbonyl (C=O) groups is 2. The van der Waals surface area contributed by atoms with Gasteiger partial charge in [-0.1, -0.05) is 0 Å². The maximum Gasteiger partial charge on any atom is 0.270 e. The van der Waals surface area contributed by atoms with E-state index in [9.17, 15) is 9.59 Å². The number of Topliss-reactive ketones (excluding diaryl/α,β-unsaturated/α-hetero) is 1. The Labute approximate surface area is 110 Å². The zero-order valence-electron chi connectivity index (χ0n) is 10.5. The average Bonchev–Trinajstić information content (AvgIpc) is 2.34. The van der Waals surface area contributed by atoms with E-state index in [1.807, 2.05) is 0 Å². The topological polar surface area (TPSA) is 46.6 Å². The van der Waals surface area contributed by atoms with E-state index in [0.29, 0.717) is 17.0 Å². The van der Waals surface area contributed by atoms with Crippen LogP contribution in [0.1, 0.15) is 24.2 Å². The summed E-state index contributed by atoms with van der Waals surface area (Å²) in [4.78, 5) is 25.1. The molecule has 0 N–H and O–H groups in total. The Bertz CT molecular complexity index is 525. The van der Waals surface area contributed by atoms with E-state index in [0.717, 1.165) is 0 Å². The van der Waals surface area contributed by atoms with E-state index in [2.05, 4.69) is 0 Å². The molecule has 1 aromatic rings. The lowest BCUT2D eigenvalue weighted by atomic mass is 10.0. The number of ether oxygens (including phenoxy) is 1. The highest BCUT2D eigenvalue weighted by Gasteiger charge is 2.39. The second-order valence-electron chi connectivity index (χ2n) is 4.72. The molecule has 0 bridgehead atoms. The van der Waals surface area contributed by atoms with Gasteiger partial charge in [-0.3, -0.25) is 9.59 Å². The van der Waals surface area contributed by atoms with E-state index < -0.39 is 5.60 Å². The van der Waals surface area contributed by atoms with Gasteiger partial charge in [0.05, 0.1) is 11.6 Å². The standard InChI is InChI=1S/C13H14ClNO3/c1-13(2)12(17)15(3)9-6-8(10(16)7-14)4-5-11(9)18-13/h4-6H,7H2,1-3H3. The van der Waals surface area contributed by atoms with Gasteiger partial charge in [-0.05, 0) is 32.0 Å². The van der Waals surface area contributed by atoms with Crippen LogP contribution in [0.2, 0.25) is 0 Å². The molecule has 4 nitrogen and oxygen atoms in total. The number of alkyl halides is 1. The number of rotatable bonds is 2. The molecule has 1 heterocycles. The Morgan fingerprint density at radius 3 is 2.72 bits per heavy atom. The molecule has 1 aliphatic heterocycles. The van der Waals surface area contributed by atoms with Gasteiger partial charge in [-0.15, -0.1) is 11.6 Å². The van der Waals surface area contributed by atoms with Gasteiger partial charge in [0.2, 0.25) is 0 Å². The summed E-state index contributed by atoms with van der Waals surface area (Å²) < 4.78 is 5.63. The van der Waals surface area contributed by atoms with Crippen LogP contribution in [0.15, 0.2) is 18.2 Å². The third kappa shape index (κ3) is 1.97. The van der Waals surface area contributed by atoms with Crippen LogP contribution in [0.3, 0.4) is 0 Å². The molecular formula is C13H14ClNO3. The third-order valence-corrected chi connectivity index (χ3v) is 3.19. The minimum atomic E-state index is -0.889. The van der Waals surface area contributed by atoms with E-state index >= 15 is 0 Å². The Morgan fingerprint density at radius 2 is 2.11 bits per heavy atom. The fourth-order valence-electron chi connectivity index (χ4n) is 1.95. The van der Waals surface area contributed by atoms with Crippen LogP contribution in [0.25, 0.3) is 0 Å². The normalized spacial score (nSPS) is 17.1. The Morgan fingerprint density at radius 1 is 1.44 bits per heavy atom. The third-order valence-electron chi connectivity index (χ3n) is 2.95. The van der Waals surface area contributed by atoms with Crippen LogP contribution >= 0.6 is 11.6 Å². The van der Waals surface area contributed by atoms with Gasteiger partial charge in [0, 0.05) is 12.6 Å². The summed E-state index contributed by atoms with van der Waals surface area (Å²) in [7, 11) is 1.67. The summed E-state index contributed by atoms with van der Waals surface area (Å²) in [5.74, 6) is 0.187. The molecule has 5 heteroatoms. The largest absolute Gasteiger partial charge is 0.476 e. The molecule has 0 aliphatic carbocycles. The molecule has 18 heavy (non-hydrogen) atoms. The summed E-state index contributed by atoms with van der Waals surface area (Å²) in [6, 6.07) is 4.98. The first-order valence-electron chi connectivity index (χ1n) is 5.57. The average molecular weight is 268 g/mol. The first kappa shape index (κ1) is 12.9. The molecular weight excluding hydrogens is 254 g/mol. The molecule has 0 radical (unpaired) electrons. The van der Waals surface area contributed by atoms with E-state index in [4.69, 9.17) is 16.3 Å². The summed E-state index contributed by atoms with van der Waals surface area (Å²) in [5, 5.41) is 0. The van der Waals surface area contributed by atoms with Gasteiger partial charge < -0.3 is 9.64 Å². The molecule has 0 saturated carbocycles. The number of amides is 1. The molecule has 96 valence electrons. The second-order valence-corrected chi connectivity index (χ2v) is 4.98. The summed E-state index contributed by atoms with van der Waals surface area (Å²) >= 11 is 5.52. The van der Waals surface area contributed by atoms with E-state index in [1.54, 1.807) is 39.1 Å². The maximum atomic E-state index is 12.1. The smallest absolute Gasteiger partial charge is 0.270 e. The number of likely N-dealkylation sites (N-methyl/N-ethyl adjacent to an activating group) is 1. The zero-order valence-corrected chi connectivity index (χ0v) is 11.2. The van der Waals surface area contributed by atoms with Crippen molar-refractivity contribution in [3.05, 3.63) is 23.8 Å². The molecule has 1 amide bonds. The monoisotopic (exact) mass is 267 g/mol. The second kappa shape index (κ2) is 4.28. The van der Waals surface area contributed by atoms with Crippen molar-refractivity contribution in [2.75, 3.05) is 17.8 Å². The van der Waals surface area contributed by atoms with E-state index in [-0.39, 0.29) is 17.6 Å². The van der Waals surface area contributed by atoms with Crippen LogP contribution in [-0.4, -0.2) is 30.2 Å². The molecule has 2 rings (SSSR count). The molecule has 0 aromatic heterocycles. The van der Waals surface area contributed by atoms with Gasteiger partial charge in [-0.25, -0.2) is 0 Å². The zero-order chi connectivity index (χ0) is 13.5. The predicted octanol–water partition coefficient (Wildman–Crippen LogP) is 2.24. The number of ketones is 1. The Hall–Kier alpha value is -1.55. The van der Waals surface area contributed by atoms with Crippen LogP contribution < -0.4 is 9.64 Å². The number of nitrogens with zero attached hydrogens (tertiary/aromatic N) is 1. The Balaban J connectivity index is 2.49. The number of hydrogen-bond donors (Lipinski definition) is 0. The van der Waals surface area contributed by atoms with Crippen LogP contribution in [0.5, 0.6) is 5.75 Å². The highest BCUT2D eigenvalue weighted by molar-refractivity contribution is 6.30. The molecule has 1 aromatic carbocycles. The number of hydrogen-bond acceptors (Lipinski definition) is 3. The number of halogens is 1. The number of fused-ring (bicyclic) bond motifs is 1. The van der Waals surface area contributed by atoms with Crippen molar-refractivity contribution in [2.45, 2.75) is 19.4 Å². The lowest BCUT2D eigenvalue weighted by Gasteiger charge is -2.37. The molecule has 0 spiro atoms. The Kier molecular flexibility index (Phi) is 3.07. The van der Waals surface area contributed by atoms with E-state index in [1.165, 1.54) is 4.90 Å². The molecule has 0 fully saturated rings. The van der Waals surface area contributed by atoms with Gasteiger partial charge in [0.1, 0.15) is 5.75 Å². The molecule has 0 atom stereocenters. The highest BCUT2D eigenvalue weighted by atomic mass is 35.5. The van der Waals surface area contributed by atoms with Crippen molar-refractivity contribution in [3.8, 4) is 5.75 Å². The van der Waals surface area contributed by atoms with Crippen molar-refractivity contribution in [2.24, 2.45) is 0 Å². The van der Waals surface area contributed by atoms with Crippen LogP contribution in [-0.2, 0) is 4.79 Å². The minimum absolute atomic E-state index is 0.0806. The molecule has 0 saturated heterocycles. The van der Waals surface area contributed by atoms with Crippen molar-refractivity contribution < 1.29 is 14.3 Å². The lowest BCUT2D eigenvalue weighted by molar-refractivity contribution is -0.132. The van der Waals surface area contributed by atoms with Gasteiger partial charge in [0.15, 0.2) is 11.4 Å². The van der Waals surface area contributed by atoms with Crippen LogP contribution in [0, 0.1) is 0 Å². The van der Waals surface area contributed by atoms with Crippen LogP contribution in [0.4, 0.5) is 5.69 Å². The van der Waals surface area contributed by atoms with Gasteiger partial charge in [0.25, 0.3) is 5.91 Å². The van der Waals surface area contributed by atoms with Gasteiger partial charge >= 0.3 is 0 Å². The van der Waals surface area contributed by atoms with Crippen molar-refractivity contribution in [3.63, 3.8) is 0 Å². The maximum absolute atomic E-state index is 12.1. The van der Waals surface area contributed by atoms with Crippen molar-refractivity contribution in [1.82, 2.24) is 0 Å². The summed E-state index contributed by atoms with van der Waals surface area (Å²) in [5.41, 5.74) is 0.182. The van der Waals surface area contributed by atoms with Gasteiger partial charge in [-0.2, -0.15) is 0 Å². The van der Waals surface area contributed by atoms with Crippen molar-refractivity contribution in [1.29, 1.82) is 0 Å². The first-order chi connectivity index (χ1) is 8.36. The fourth-order valence-corrected chi connectivity index (χ4v) is 2.10.